The normalized spacial score (nSPS) is 31.9. The number of allylic oxidation sites excluding steroid dienone is 2. The fourth-order valence-electron chi connectivity index (χ4n) is 3.43. The summed E-state index contributed by atoms with van der Waals surface area (Å²) in [5.41, 5.74) is 0. The lowest BCUT2D eigenvalue weighted by molar-refractivity contribution is 0.233. The van der Waals surface area contributed by atoms with Gasteiger partial charge < -0.3 is 0 Å². The summed E-state index contributed by atoms with van der Waals surface area (Å²) < 4.78 is 17.6. The first kappa shape index (κ1) is 15.6. The number of hydrogen-bond acceptors (Lipinski definition) is 1. The summed E-state index contributed by atoms with van der Waals surface area (Å²) in [6.07, 6.45) is 11.9. The highest BCUT2D eigenvalue weighted by molar-refractivity contribution is 7.59. The van der Waals surface area contributed by atoms with Crippen molar-refractivity contribution in [3.05, 3.63) is 12.2 Å². The first-order valence-corrected chi connectivity index (χ1v) is 9.71. The Hall–Kier alpha value is 0.180. The summed E-state index contributed by atoms with van der Waals surface area (Å²) in [5, 5.41) is 0. The van der Waals surface area contributed by atoms with Crippen molar-refractivity contribution in [2.75, 3.05) is 26.1 Å². The molecule has 0 bridgehead atoms. The number of nitrogens with zero attached hydrogens (tertiary/aromatic N) is 2. The molecule has 2 aliphatic rings. The fraction of sp³-hybridized carbons (Fsp3) is 0.857. The van der Waals surface area contributed by atoms with Gasteiger partial charge in [0.15, 0.2) is 0 Å². The van der Waals surface area contributed by atoms with E-state index in [1.54, 1.807) is 0 Å². The van der Waals surface area contributed by atoms with Gasteiger partial charge in [-0.3, -0.25) is 4.57 Å². The van der Waals surface area contributed by atoms with Gasteiger partial charge in [-0.15, -0.1) is 11.6 Å². The van der Waals surface area contributed by atoms with Crippen LogP contribution in [0.5, 0.6) is 0 Å². The van der Waals surface area contributed by atoms with Crippen LogP contribution < -0.4 is 0 Å². The van der Waals surface area contributed by atoms with E-state index in [2.05, 4.69) is 35.6 Å². The van der Waals surface area contributed by atoms with E-state index in [0.29, 0.717) is 24.1 Å². The van der Waals surface area contributed by atoms with E-state index in [1.165, 1.54) is 25.7 Å². The maximum Gasteiger partial charge on any atom is 0.220 e. The van der Waals surface area contributed by atoms with Crippen LogP contribution in [-0.4, -0.2) is 47.6 Å². The maximum absolute atomic E-state index is 13.2. The van der Waals surface area contributed by atoms with Crippen molar-refractivity contribution >= 4 is 19.0 Å². The lowest BCUT2D eigenvalue weighted by Crippen LogP contribution is -2.37. The number of fused-ring (bicyclic) bond motifs is 1. The van der Waals surface area contributed by atoms with Crippen LogP contribution in [0, 0.1) is 0 Å². The monoisotopic (exact) mass is 304 g/mol. The van der Waals surface area contributed by atoms with Crippen LogP contribution in [-0.2, 0) is 4.57 Å². The van der Waals surface area contributed by atoms with Crippen LogP contribution in [0.4, 0.5) is 0 Å². The van der Waals surface area contributed by atoms with Crippen LogP contribution >= 0.6 is 19.0 Å². The Balaban J connectivity index is 2.01. The third-order valence-corrected chi connectivity index (χ3v) is 8.17. The molecule has 0 radical (unpaired) electrons. The van der Waals surface area contributed by atoms with Gasteiger partial charge in [0.1, 0.15) is 0 Å². The van der Waals surface area contributed by atoms with E-state index < -0.39 is 7.44 Å². The molecule has 3 nitrogen and oxygen atoms in total. The predicted octanol–water partition coefficient (Wildman–Crippen LogP) is 3.94. The van der Waals surface area contributed by atoms with Crippen LogP contribution in [0.15, 0.2) is 12.2 Å². The highest BCUT2D eigenvalue weighted by Crippen LogP contribution is 2.61. The molecule has 2 rings (SSSR count). The number of unbranched alkanes of at least 4 members (excludes halogenated alkanes) is 1. The zero-order valence-electron chi connectivity index (χ0n) is 12.1. The van der Waals surface area contributed by atoms with Gasteiger partial charge in [0.2, 0.25) is 7.44 Å². The number of alkyl halides is 1. The molecule has 1 saturated heterocycles. The zero-order chi connectivity index (χ0) is 13.9. The largest absolute Gasteiger partial charge is 0.288 e. The number of halogens is 1. The molecule has 2 fully saturated rings. The SMILES string of the molecule is CN1[C@@H]2CCCC[C@H]2N(C)P1(=O)C/C=C/CCCCl. The minimum absolute atomic E-state index is 0.501. The minimum Gasteiger partial charge on any atom is -0.288 e. The molecule has 2 atom stereocenters. The smallest absolute Gasteiger partial charge is 0.220 e. The second-order valence-corrected chi connectivity index (χ2v) is 9.05. The highest BCUT2D eigenvalue weighted by atomic mass is 35.5. The van der Waals surface area contributed by atoms with E-state index in [0.717, 1.165) is 12.8 Å². The Morgan fingerprint density at radius 3 is 2.26 bits per heavy atom. The standard InChI is InChI=1S/C14H26ClN2OP/c1-16-13-9-5-6-10-14(13)17(2)19(16,18)12-8-4-3-7-11-15/h4,8,13-14H,3,5-7,9-12H2,1-2H3/b8-4+/t13-,14-/m1/s1. The molecule has 0 aromatic carbocycles. The van der Waals surface area contributed by atoms with Gasteiger partial charge >= 0.3 is 0 Å². The van der Waals surface area contributed by atoms with Gasteiger partial charge in [0.25, 0.3) is 0 Å². The van der Waals surface area contributed by atoms with Crippen molar-refractivity contribution in [3.8, 4) is 0 Å². The summed E-state index contributed by atoms with van der Waals surface area (Å²) in [4.78, 5) is 0. The molecule has 1 heterocycles. The van der Waals surface area contributed by atoms with Gasteiger partial charge in [-0.25, -0.2) is 9.34 Å². The van der Waals surface area contributed by atoms with E-state index in [9.17, 15) is 4.57 Å². The van der Waals surface area contributed by atoms with Crippen LogP contribution in [0.3, 0.4) is 0 Å². The lowest BCUT2D eigenvalue weighted by Gasteiger charge is -2.28. The van der Waals surface area contributed by atoms with Gasteiger partial charge in [0.05, 0.1) is 0 Å². The third-order valence-electron chi connectivity index (χ3n) is 4.65. The summed E-state index contributed by atoms with van der Waals surface area (Å²) in [6, 6.07) is 1.00. The Labute approximate surface area is 122 Å². The lowest BCUT2D eigenvalue weighted by atomic mass is 9.91. The zero-order valence-corrected chi connectivity index (χ0v) is 13.7. The molecule has 0 spiro atoms. The molecule has 19 heavy (non-hydrogen) atoms. The van der Waals surface area contributed by atoms with E-state index in [1.807, 2.05) is 0 Å². The van der Waals surface area contributed by atoms with Gasteiger partial charge in [0, 0.05) is 24.1 Å². The Morgan fingerprint density at radius 2 is 1.74 bits per heavy atom. The van der Waals surface area contributed by atoms with E-state index in [-0.39, 0.29) is 0 Å². The molecular weight excluding hydrogens is 279 g/mol. The quantitative estimate of drug-likeness (QED) is 0.333. The number of rotatable bonds is 5. The third kappa shape index (κ3) is 3.10. The summed E-state index contributed by atoms with van der Waals surface area (Å²) in [7, 11) is 1.75. The molecule has 0 aromatic rings. The first-order valence-electron chi connectivity index (χ1n) is 7.38. The topological polar surface area (TPSA) is 23.6 Å². The molecule has 110 valence electrons. The predicted molar refractivity (Wildman–Crippen MR) is 83.1 cm³/mol. The van der Waals surface area contributed by atoms with Crippen LogP contribution in [0.1, 0.15) is 38.5 Å². The molecule has 0 aromatic heterocycles. The van der Waals surface area contributed by atoms with Crippen molar-refractivity contribution in [2.45, 2.75) is 50.6 Å². The average Bonchev–Trinajstić information content (AvgIpc) is 2.62. The number of hydrogen-bond donors (Lipinski definition) is 0. The summed E-state index contributed by atoms with van der Waals surface area (Å²) in [6.45, 7) is 0. The molecule has 0 amide bonds. The molecule has 0 N–H and O–H groups in total. The van der Waals surface area contributed by atoms with Gasteiger partial charge in [-0.2, -0.15) is 0 Å². The van der Waals surface area contributed by atoms with Crippen molar-refractivity contribution in [1.29, 1.82) is 0 Å². The second kappa shape index (κ2) is 6.76. The van der Waals surface area contributed by atoms with E-state index in [4.69, 9.17) is 11.6 Å². The molecule has 1 aliphatic carbocycles. The highest BCUT2D eigenvalue weighted by Gasteiger charge is 2.50. The van der Waals surface area contributed by atoms with Crippen LogP contribution in [0.25, 0.3) is 0 Å². The Morgan fingerprint density at radius 1 is 1.16 bits per heavy atom. The molecule has 0 unspecified atom stereocenters. The molecule has 1 aliphatic heterocycles. The van der Waals surface area contributed by atoms with Crippen molar-refractivity contribution in [2.24, 2.45) is 0 Å². The first-order chi connectivity index (χ1) is 9.11. The molecular formula is C14H26ClN2OP. The summed E-state index contributed by atoms with van der Waals surface area (Å²) >= 11 is 5.66. The maximum atomic E-state index is 13.2. The van der Waals surface area contributed by atoms with Crippen molar-refractivity contribution in [3.63, 3.8) is 0 Å². The minimum atomic E-state index is -2.36. The Bertz CT molecular complexity index is 352. The van der Waals surface area contributed by atoms with Gasteiger partial charge in [-0.1, -0.05) is 25.0 Å². The van der Waals surface area contributed by atoms with Crippen molar-refractivity contribution in [1.82, 2.24) is 9.34 Å². The second-order valence-electron chi connectivity index (χ2n) is 5.72. The van der Waals surface area contributed by atoms with Crippen molar-refractivity contribution < 1.29 is 4.57 Å². The van der Waals surface area contributed by atoms with Gasteiger partial charge in [-0.05, 0) is 39.8 Å². The molecule has 1 saturated carbocycles. The molecule has 5 heteroatoms. The van der Waals surface area contributed by atoms with E-state index >= 15 is 0 Å². The van der Waals surface area contributed by atoms with Crippen LogP contribution in [0.2, 0.25) is 0 Å². The number of likely N-dealkylation sites (N-methyl/N-ethyl adjacent to an activating group) is 2. The average molecular weight is 305 g/mol. The summed E-state index contributed by atoms with van der Waals surface area (Å²) in [5.74, 6) is 0.700. The Kier molecular flexibility index (Phi) is 5.54. The fourth-order valence-corrected chi connectivity index (χ4v) is 6.44.